The van der Waals surface area contributed by atoms with Gasteiger partial charge in [-0.05, 0) is 62.4 Å². The predicted molar refractivity (Wildman–Crippen MR) is 130 cm³/mol. The number of hydrogen-bond donors (Lipinski definition) is 3. The summed E-state index contributed by atoms with van der Waals surface area (Å²) in [7, 11) is 0. The van der Waals surface area contributed by atoms with Crippen molar-refractivity contribution in [3.63, 3.8) is 0 Å². The van der Waals surface area contributed by atoms with Gasteiger partial charge in [0.15, 0.2) is 5.96 Å². The molecule has 0 saturated carbocycles. The Kier molecular flexibility index (Phi) is 10.5. The van der Waals surface area contributed by atoms with Gasteiger partial charge in [0.05, 0.1) is 25.4 Å². The lowest BCUT2D eigenvalue weighted by atomic mass is 9.97. The van der Waals surface area contributed by atoms with E-state index in [1.165, 1.54) is 17.7 Å². The SMILES string of the molecule is CCNC(=NCC(c1cccs1)N1CCC(C)CC1)NCC(O)c1ccco1.I. The van der Waals surface area contributed by atoms with Crippen molar-refractivity contribution < 1.29 is 9.52 Å². The second-order valence-corrected chi connectivity index (χ2v) is 8.36. The summed E-state index contributed by atoms with van der Waals surface area (Å²) < 4.78 is 5.27. The van der Waals surface area contributed by atoms with E-state index in [9.17, 15) is 5.11 Å². The molecular formula is C21H33IN4O2S. The van der Waals surface area contributed by atoms with E-state index in [1.807, 2.05) is 6.92 Å². The number of halogens is 1. The van der Waals surface area contributed by atoms with Crippen molar-refractivity contribution in [3.8, 4) is 0 Å². The monoisotopic (exact) mass is 532 g/mol. The molecule has 3 rings (SSSR count). The molecule has 6 nitrogen and oxygen atoms in total. The van der Waals surface area contributed by atoms with Crippen LogP contribution in [0.2, 0.25) is 0 Å². The second kappa shape index (κ2) is 12.6. The lowest BCUT2D eigenvalue weighted by Crippen LogP contribution is -2.41. The number of nitrogens with one attached hydrogen (secondary N) is 2. The molecule has 1 aliphatic rings. The molecule has 1 fully saturated rings. The highest BCUT2D eigenvalue weighted by Gasteiger charge is 2.25. The normalized spacial score (nSPS) is 18.1. The minimum Gasteiger partial charge on any atom is -0.467 e. The van der Waals surface area contributed by atoms with Crippen molar-refractivity contribution >= 4 is 41.3 Å². The number of nitrogens with zero attached hydrogens (tertiary/aromatic N) is 2. The van der Waals surface area contributed by atoms with Crippen molar-refractivity contribution in [3.05, 3.63) is 46.5 Å². The van der Waals surface area contributed by atoms with Crippen LogP contribution in [0, 0.1) is 5.92 Å². The minimum absolute atomic E-state index is 0. The smallest absolute Gasteiger partial charge is 0.191 e. The summed E-state index contributed by atoms with van der Waals surface area (Å²) >= 11 is 1.80. The van der Waals surface area contributed by atoms with Gasteiger partial charge in [-0.3, -0.25) is 9.89 Å². The van der Waals surface area contributed by atoms with Gasteiger partial charge in [0.1, 0.15) is 11.9 Å². The molecule has 0 aliphatic carbocycles. The van der Waals surface area contributed by atoms with Crippen LogP contribution in [0.15, 0.2) is 45.3 Å². The Hall–Kier alpha value is -1.10. The molecule has 1 saturated heterocycles. The third-order valence-electron chi connectivity index (χ3n) is 5.23. The van der Waals surface area contributed by atoms with Gasteiger partial charge in [0, 0.05) is 11.4 Å². The van der Waals surface area contributed by atoms with Crippen LogP contribution in [0.25, 0.3) is 0 Å². The summed E-state index contributed by atoms with van der Waals surface area (Å²) in [5.41, 5.74) is 0. The molecule has 2 aromatic heterocycles. The molecule has 0 aromatic carbocycles. The molecular weight excluding hydrogens is 499 g/mol. The Morgan fingerprint density at radius 3 is 2.72 bits per heavy atom. The maximum Gasteiger partial charge on any atom is 0.191 e. The van der Waals surface area contributed by atoms with E-state index in [4.69, 9.17) is 9.41 Å². The predicted octanol–water partition coefficient (Wildman–Crippen LogP) is 4.02. The molecule has 0 bridgehead atoms. The minimum atomic E-state index is -0.699. The number of piperidine rings is 1. The van der Waals surface area contributed by atoms with Crippen molar-refractivity contribution in [1.29, 1.82) is 0 Å². The van der Waals surface area contributed by atoms with Crippen LogP contribution in [-0.2, 0) is 0 Å². The lowest BCUT2D eigenvalue weighted by molar-refractivity contribution is 0.143. The zero-order valence-corrected chi connectivity index (χ0v) is 20.4. The maximum absolute atomic E-state index is 10.2. The largest absolute Gasteiger partial charge is 0.467 e. The molecule has 8 heteroatoms. The fourth-order valence-electron chi connectivity index (χ4n) is 3.50. The molecule has 29 heavy (non-hydrogen) atoms. The van der Waals surface area contributed by atoms with Gasteiger partial charge < -0.3 is 20.2 Å². The van der Waals surface area contributed by atoms with Crippen LogP contribution < -0.4 is 10.6 Å². The van der Waals surface area contributed by atoms with E-state index in [2.05, 4.69) is 40.0 Å². The number of likely N-dealkylation sites (tertiary alicyclic amines) is 1. The van der Waals surface area contributed by atoms with Crippen LogP contribution in [-0.4, -0.2) is 48.7 Å². The highest BCUT2D eigenvalue weighted by molar-refractivity contribution is 14.0. The Morgan fingerprint density at radius 1 is 1.31 bits per heavy atom. The number of guanidine groups is 1. The van der Waals surface area contributed by atoms with Crippen molar-refractivity contribution in [1.82, 2.24) is 15.5 Å². The maximum atomic E-state index is 10.2. The average molecular weight is 532 g/mol. The summed E-state index contributed by atoms with van der Waals surface area (Å²) in [6.45, 7) is 8.45. The number of thiophene rings is 1. The number of aliphatic hydroxyl groups is 1. The molecule has 3 heterocycles. The van der Waals surface area contributed by atoms with E-state index in [0.717, 1.165) is 31.5 Å². The summed E-state index contributed by atoms with van der Waals surface area (Å²) in [6, 6.07) is 8.19. The van der Waals surface area contributed by atoms with Gasteiger partial charge in [-0.2, -0.15) is 0 Å². The molecule has 0 spiro atoms. The van der Waals surface area contributed by atoms with Crippen molar-refractivity contribution in [2.24, 2.45) is 10.9 Å². The summed E-state index contributed by atoms with van der Waals surface area (Å²) in [4.78, 5) is 8.77. The fraction of sp³-hybridized carbons (Fsp3) is 0.571. The zero-order valence-electron chi connectivity index (χ0n) is 17.2. The van der Waals surface area contributed by atoms with E-state index in [1.54, 1.807) is 29.7 Å². The summed E-state index contributed by atoms with van der Waals surface area (Å²) in [6.07, 6.45) is 3.37. The lowest BCUT2D eigenvalue weighted by Gasteiger charge is -2.35. The topological polar surface area (TPSA) is 73.0 Å². The summed E-state index contributed by atoms with van der Waals surface area (Å²) in [5, 5.41) is 18.9. The van der Waals surface area contributed by atoms with Gasteiger partial charge in [0.25, 0.3) is 0 Å². The van der Waals surface area contributed by atoms with Crippen LogP contribution in [0.5, 0.6) is 0 Å². The average Bonchev–Trinajstić information content (AvgIpc) is 3.41. The zero-order chi connectivity index (χ0) is 19.8. The molecule has 0 radical (unpaired) electrons. The van der Waals surface area contributed by atoms with Gasteiger partial charge >= 0.3 is 0 Å². The van der Waals surface area contributed by atoms with Crippen LogP contribution in [0.3, 0.4) is 0 Å². The molecule has 2 atom stereocenters. The molecule has 2 unspecified atom stereocenters. The van der Waals surface area contributed by atoms with E-state index in [-0.39, 0.29) is 24.0 Å². The molecule has 0 amide bonds. The Balaban J connectivity index is 0.00000300. The van der Waals surface area contributed by atoms with Crippen LogP contribution >= 0.6 is 35.3 Å². The van der Waals surface area contributed by atoms with Crippen molar-refractivity contribution in [2.75, 3.05) is 32.7 Å². The van der Waals surface area contributed by atoms with Crippen molar-refractivity contribution in [2.45, 2.75) is 38.8 Å². The number of aliphatic hydroxyl groups excluding tert-OH is 1. The van der Waals surface area contributed by atoms with Crippen LogP contribution in [0.1, 0.15) is 49.5 Å². The van der Waals surface area contributed by atoms with Gasteiger partial charge in [-0.15, -0.1) is 35.3 Å². The number of aliphatic imine (C=N–C) groups is 1. The highest BCUT2D eigenvalue weighted by atomic mass is 127. The molecule has 3 N–H and O–H groups in total. The third-order valence-corrected chi connectivity index (χ3v) is 6.21. The van der Waals surface area contributed by atoms with E-state index < -0.39 is 6.10 Å². The molecule has 1 aliphatic heterocycles. The van der Waals surface area contributed by atoms with Gasteiger partial charge in [0.2, 0.25) is 0 Å². The van der Waals surface area contributed by atoms with Crippen LogP contribution in [0.4, 0.5) is 0 Å². The van der Waals surface area contributed by atoms with E-state index in [0.29, 0.717) is 24.9 Å². The second-order valence-electron chi connectivity index (χ2n) is 7.38. The number of rotatable bonds is 8. The Morgan fingerprint density at radius 2 is 2.10 bits per heavy atom. The first kappa shape index (κ1) is 24.2. The molecule has 162 valence electrons. The van der Waals surface area contributed by atoms with Gasteiger partial charge in [-0.25, -0.2) is 0 Å². The Labute approximate surface area is 194 Å². The number of hydrogen-bond acceptors (Lipinski definition) is 5. The Bertz CT molecular complexity index is 700. The van der Waals surface area contributed by atoms with E-state index >= 15 is 0 Å². The first-order valence-corrected chi connectivity index (χ1v) is 11.1. The van der Waals surface area contributed by atoms with Gasteiger partial charge in [-0.1, -0.05) is 13.0 Å². The summed E-state index contributed by atoms with van der Waals surface area (Å²) in [5.74, 6) is 2.09. The third kappa shape index (κ3) is 7.27. The highest BCUT2D eigenvalue weighted by Crippen LogP contribution is 2.29. The molecule has 2 aromatic rings. The quantitative estimate of drug-likeness (QED) is 0.272. The fourth-order valence-corrected chi connectivity index (χ4v) is 4.35. The first-order valence-electron chi connectivity index (χ1n) is 10.2. The number of furan rings is 1. The first-order chi connectivity index (χ1) is 13.7. The standard InChI is InChI=1S/C21H32N4O2S.HI/c1-3-22-21(24-15-18(26)19-6-4-12-27-19)23-14-17(20-7-5-13-28-20)25-10-8-16(2)9-11-25;/h4-7,12-13,16-18,26H,3,8-11,14-15H2,1-2H3,(H2,22,23,24);1H.